The number of hydrogen-bond donors (Lipinski definition) is 1. The second-order valence-electron chi connectivity index (χ2n) is 7.29. The van der Waals surface area contributed by atoms with E-state index in [4.69, 9.17) is 0 Å². The molecule has 0 aromatic heterocycles. The molecule has 1 saturated heterocycles. The minimum Gasteiger partial charge on any atom is -0.325 e. The van der Waals surface area contributed by atoms with Gasteiger partial charge in [-0.1, -0.05) is 39.0 Å². The first-order valence-corrected chi connectivity index (χ1v) is 7.98. The van der Waals surface area contributed by atoms with Gasteiger partial charge in [0, 0.05) is 11.6 Å². The second-order valence-corrected chi connectivity index (χ2v) is 7.29. The number of carbonyl (C=O) groups is 3. The van der Waals surface area contributed by atoms with E-state index < -0.39 is 5.41 Å². The van der Waals surface area contributed by atoms with Crippen LogP contribution < -0.4 is 5.32 Å². The molecule has 2 atom stereocenters. The Balaban J connectivity index is 1.78. The molecule has 1 heterocycles. The fourth-order valence-corrected chi connectivity index (χ4v) is 3.92. The molecule has 3 amide bonds. The first-order chi connectivity index (χ1) is 10.8. The van der Waals surface area contributed by atoms with Crippen LogP contribution in [0.1, 0.15) is 33.6 Å². The molecule has 23 heavy (non-hydrogen) atoms. The molecular formula is C18H22N2O3. The standard InChI is InChI=1S/C18H22N2O3/c1-17(2)13-9-10-18(17,3)16(23)20(15(13)22)11-14(21)19-12-7-5-4-6-8-12/h4-8,13H,9-11H2,1-3H3,(H,19,21). The highest BCUT2D eigenvalue weighted by atomic mass is 16.2. The first-order valence-electron chi connectivity index (χ1n) is 7.98. The van der Waals surface area contributed by atoms with E-state index in [1.54, 1.807) is 12.1 Å². The molecule has 1 aromatic carbocycles. The van der Waals surface area contributed by atoms with Crippen molar-refractivity contribution in [2.45, 2.75) is 33.6 Å². The largest absolute Gasteiger partial charge is 0.325 e. The Kier molecular flexibility index (Phi) is 3.54. The number of benzene rings is 1. The lowest BCUT2D eigenvalue weighted by Crippen LogP contribution is -2.60. The lowest BCUT2D eigenvalue weighted by Gasteiger charge is -2.47. The quantitative estimate of drug-likeness (QED) is 0.871. The highest BCUT2D eigenvalue weighted by molar-refractivity contribution is 6.07. The van der Waals surface area contributed by atoms with Gasteiger partial charge in [0.1, 0.15) is 6.54 Å². The van der Waals surface area contributed by atoms with Gasteiger partial charge in [0.2, 0.25) is 17.7 Å². The third-order valence-corrected chi connectivity index (χ3v) is 5.87. The summed E-state index contributed by atoms with van der Waals surface area (Å²) < 4.78 is 0. The molecule has 2 aliphatic rings. The fourth-order valence-electron chi connectivity index (χ4n) is 3.92. The maximum absolute atomic E-state index is 12.8. The second kappa shape index (κ2) is 5.18. The molecule has 1 aliphatic heterocycles. The third kappa shape index (κ3) is 2.26. The van der Waals surface area contributed by atoms with Crippen molar-refractivity contribution >= 4 is 23.4 Å². The van der Waals surface area contributed by atoms with E-state index in [0.29, 0.717) is 18.5 Å². The van der Waals surface area contributed by atoms with Gasteiger partial charge in [-0.05, 0) is 30.4 Å². The molecule has 5 nitrogen and oxygen atoms in total. The van der Waals surface area contributed by atoms with E-state index in [1.165, 1.54) is 0 Å². The Morgan fingerprint density at radius 2 is 1.87 bits per heavy atom. The maximum Gasteiger partial charge on any atom is 0.244 e. The molecule has 0 radical (unpaired) electrons. The van der Waals surface area contributed by atoms with Gasteiger partial charge in [0.15, 0.2) is 0 Å². The van der Waals surface area contributed by atoms with Gasteiger partial charge >= 0.3 is 0 Å². The molecule has 122 valence electrons. The summed E-state index contributed by atoms with van der Waals surface area (Å²) in [4.78, 5) is 38.9. The molecule has 5 heteroatoms. The molecule has 2 unspecified atom stereocenters. The number of para-hydroxylation sites is 1. The summed E-state index contributed by atoms with van der Waals surface area (Å²) in [5.74, 6) is -0.960. The lowest BCUT2D eigenvalue weighted by molar-refractivity contribution is -0.168. The predicted octanol–water partition coefficient (Wildman–Crippen LogP) is 2.44. The van der Waals surface area contributed by atoms with Crippen LogP contribution in [0.5, 0.6) is 0 Å². The minimum absolute atomic E-state index is 0.185. The average Bonchev–Trinajstić information content (AvgIpc) is 2.70. The highest BCUT2D eigenvalue weighted by Crippen LogP contribution is 2.59. The zero-order valence-corrected chi connectivity index (χ0v) is 13.8. The first kappa shape index (κ1) is 15.7. The van der Waals surface area contributed by atoms with E-state index in [2.05, 4.69) is 5.32 Å². The van der Waals surface area contributed by atoms with Crippen molar-refractivity contribution in [2.24, 2.45) is 16.7 Å². The number of fused-ring (bicyclic) bond motifs is 2. The molecule has 3 rings (SSSR count). The monoisotopic (exact) mass is 314 g/mol. The Bertz CT molecular complexity index is 668. The number of carbonyl (C=O) groups excluding carboxylic acids is 3. The van der Waals surface area contributed by atoms with Crippen molar-refractivity contribution in [2.75, 3.05) is 11.9 Å². The van der Waals surface area contributed by atoms with Crippen LogP contribution in [0.4, 0.5) is 5.69 Å². The SMILES string of the molecule is CC12CCC(C(=O)N(CC(=O)Nc3ccccc3)C1=O)C2(C)C. The van der Waals surface area contributed by atoms with Gasteiger partial charge < -0.3 is 5.32 Å². The number of rotatable bonds is 3. The minimum atomic E-state index is -0.571. The number of piperidine rings is 1. The molecule has 2 bridgehead atoms. The zero-order valence-electron chi connectivity index (χ0n) is 13.8. The number of anilines is 1. The van der Waals surface area contributed by atoms with Crippen molar-refractivity contribution in [3.05, 3.63) is 30.3 Å². The molecular weight excluding hydrogens is 292 g/mol. The fraction of sp³-hybridized carbons (Fsp3) is 0.500. The Morgan fingerprint density at radius 3 is 2.52 bits per heavy atom. The number of hydrogen-bond acceptors (Lipinski definition) is 3. The Hall–Kier alpha value is -2.17. The van der Waals surface area contributed by atoms with Crippen LogP contribution in [0.25, 0.3) is 0 Å². The molecule has 0 spiro atoms. The average molecular weight is 314 g/mol. The van der Waals surface area contributed by atoms with Crippen molar-refractivity contribution in [1.29, 1.82) is 0 Å². The summed E-state index contributed by atoms with van der Waals surface area (Å²) in [5.41, 5.74) is -0.268. The number of imide groups is 1. The summed E-state index contributed by atoms with van der Waals surface area (Å²) >= 11 is 0. The van der Waals surface area contributed by atoms with E-state index in [1.807, 2.05) is 39.0 Å². The number of nitrogens with one attached hydrogen (secondary N) is 1. The molecule has 1 saturated carbocycles. The molecule has 1 aromatic rings. The molecule has 1 aliphatic carbocycles. The van der Waals surface area contributed by atoms with E-state index in [0.717, 1.165) is 4.90 Å². The summed E-state index contributed by atoms with van der Waals surface area (Å²) in [5, 5.41) is 2.73. The summed E-state index contributed by atoms with van der Waals surface area (Å²) in [6.07, 6.45) is 1.41. The number of likely N-dealkylation sites (tertiary alicyclic amines) is 1. The number of amides is 3. The van der Waals surface area contributed by atoms with Crippen LogP contribution in [0.15, 0.2) is 30.3 Å². The summed E-state index contributed by atoms with van der Waals surface area (Å²) in [6, 6.07) is 9.03. The van der Waals surface area contributed by atoms with Gasteiger partial charge in [-0.3, -0.25) is 19.3 Å². The van der Waals surface area contributed by atoms with Crippen molar-refractivity contribution < 1.29 is 14.4 Å². The van der Waals surface area contributed by atoms with E-state index >= 15 is 0 Å². The molecule has 2 fully saturated rings. The maximum atomic E-state index is 12.8. The van der Waals surface area contributed by atoms with Gasteiger partial charge in [-0.25, -0.2) is 0 Å². The Labute approximate surface area is 136 Å². The van der Waals surface area contributed by atoms with E-state index in [-0.39, 0.29) is 35.6 Å². The molecule has 1 N–H and O–H groups in total. The van der Waals surface area contributed by atoms with Crippen molar-refractivity contribution in [1.82, 2.24) is 4.90 Å². The zero-order chi connectivity index (χ0) is 16.8. The highest BCUT2D eigenvalue weighted by Gasteiger charge is 2.64. The van der Waals surface area contributed by atoms with Crippen molar-refractivity contribution in [3.8, 4) is 0 Å². The van der Waals surface area contributed by atoms with E-state index in [9.17, 15) is 14.4 Å². The van der Waals surface area contributed by atoms with Gasteiger partial charge in [0.05, 0.1) is 5.41 Å². The van der Waals surface area contributed by atoms with Gasteiger partial charge in [0.25, 0.3) is 0 Å². The van der Waals surface area contributed by atoms with Crippen LogP contribution in [0.3, 0.4) is 0 Å². The van der Waals surface area contributed by atoms with Crippen LogP contribution in [-0.4, -0.2) is 29.2 Å². The van der Waals surface area contributed by atoms with Gasteiger partial charge in [-0.15, -0.1) is 0 Å². The van der Waals surface area contributed by atoms with Crippen LogP contribution in [-0.2, 0) is 14.4 Å². The van der Waals surface area contributed by atoms with Crippen molar-refractivity contribution in [3.63, 3.8) is 0 Å². The lowest BCUT2D eigenvalue weighted by atomic mass is 9.62. The van der Waals surface area contributed by atoms with Crippen LogP contribution in [0, 0.1) is 16.7 Å². The van der Waals surface area contributed by atoms with Crippen LogP contribution >= 0.6 is 0 Å². The third-order valence-electron chi connectivity index (χ3n) is 5.87. The number of nitrogens with zero attached hydrogens (tertiary/aromatic N) is 1. The normalized spacial score (nSPS) is 28.8. The smallest absolute Gasteiger partial charge is 0.244 e. The van der Waals surface area contributed by atoms with Crippen LogP contribution in [0.2, 0.25) is 0 Å². The summed E-state index contributed by atoms with van der Waals surface area (Å²) in [7, 11) is 0. The predicted molar refractivity (Wildman–Crippen MR) is 86.4 cm³/mol. The van der Waals surface area contributed by atoms with Gasteiger partial charge in [-0.2, -0.15) is 0 Å². The summed E-state index contributed by atoms with van der Waals surface area (Å²) in [6.45, 7) is 5.68. The topological polar surface area (TPSA) is 66.5 Å². The Morgan fingerprint density at radius 1 is 1.22 bits per heavy atom.